The minimum atomic E-state index is -5.03. The Morgan fingerprint density at radius 3 is 2.46 bits per heavy atom. The van der Waals surface area contributed by atoms with E-state index >= 15 is 0 Å². The Labute approximate surface area is 209 Å². The van der Waals surface area contributed by atoms with E-state index in [4.69, 9.17) is 4.74 Å². The van der Waals surface area contributed by atoms with Gasteiger partial charge in [0.2, 0.25) is 10.0 Å². The number of nitro groups is 1. The number of aryl methyl sites for hydroxylation is 2. The number of sulfonamides is 1. The van der Waals surface area contributed by atoms with E-state index in [1.807, 2.05) is 5.32 Å². The molecule has 2 atom stereocenters. The fourth-order valence-corrected chi connectivity index (χ4v) is 5.39. The van der Waals surface area contributed by atoms with Gasteiger partial charge < -0.3 is 15.2 Å². The molecular formula is C22H22F3N3O8S. The minimum absolute atomic E-state index is 0.113. The molecule has 11 nitrogen and oxygen atoms in total. The van der Waals surface area contributed by atoms with Gasteiger partial charge >= 0.3 is 12.1 Å². The number of benzene rings is 2. The molecule has 0 radical (unpaired) electrons. The highest BCUT2D eigenvalue weighted by molar-refractivity contribution is 7.89. The summed E-state index contributed by atoms with van der Waals surface area (Å²) in [6.07, 6.45) is -6.54. The zero-order valence-corrected chi connectivity index (χ0v) is 20.3. The summed E-state index contributed by atoms with van der Waals surface area (Å²) in [7, 11) is -4.23. The van der Waals surface area contributed by atoms with Crippen molar-refractivity contribution >= 4 is 33.3 Å². The lowest BCUT2D eigenvalue weighted by Gasteiger charge is -2.23. The molecule has 2 aromatic carbocycles. The van der Waals surface area contributed by atoms with E-state index in [-0.39, 0.29) is 17.4 Å². The number of hydrogen-bond donors (Lipinski definition) is 2. The van der Waals surface area contributed by atoms with E-state index in [0.717, 1.165) is 15.9 Å². The monoisotopic (exact) mass is 545 g/mol. The summed E-state index contributed by atoms with van der Waals surface area (Å²) >= 11 is 0. The second-order valence-electron chi connectivity index (χ2n) is 8.37. The van der Waals surface area contributed by atoms with E-state index in [2.05, 4.69) is 0 Å². The molecule has 1 amide bonds. The molecule has 0 aliphatic carbocycles. The Morgan fingerprint density at radius 2 is 1.86 bits per heavy atom. The summed E-state index contributed by atoms with van der Waals surface area (Å²) in [5, 5.41) is 22.7. The van der Waals surface area contributed by atoms with E-state index in [9.17, 15) is 46.4 Å². The number of nitrogens with zero attached hydrogens (tertiary/aromatic N) is 2. The second kappa shape index (κ2) is 10.4. The van der Waals surface area contributed by atoms with Crippen LogP contribution in [0.5, 0.6) is 0 Å². The number of non-ortho nitro benzene ring substituents is 1. The number of nitrogens with one attached hydrogen (secondary N) is 1. The van der Waals surface area contributed by atoms with Gasteiger partial charge in [0, 0.05) is 25.1 Å². The number of aliphatic hydroxyl groups excluding tert-OH is 1. The SMILES string of the molecule is Cc1ccc(S(=O)(=O)N2C[C@H](O)C[C@@H]2C(=O)OCC(=O)Nc2ccc([N+](=O)[O-])cc2C(F)(F)F)cc1C. The maximum Gasteiger partial charge on any atom is 0.418 e. The topological polar surface area (TPSA) is 156 Å². The van der Waals surface area contributed by atoms with Crippen LogP contribution in [0, 0.1) is 24.0 Å². The van der Waals surface area contributed by atoms with Crippen LogP contribution in [0.1, 0.15) is 23.1 Å². The number of β-amino-alcohol motifs (C(OH)–C–C–N with tert-alkyl or cyclic N) is 1. The minimum Gasteiger partial charge on any atom is -0.454 e. The van der Waals surface area contributed by atoms with Gasteiger partial charge in [0.15, 0.2) is 6.61 Å². The third kappa shape index (κ3) is 6.23. The van der Waals surface area contributed by atoms with Gasteiger partial charge in [0.05, 0.1) is 27.2 Å². The van der Waals surface area contributed by atoms with E-state index < -0.39 is 75.2 Å². The third-order valence-electron chi connectivity index (χ3n) is 5.73. The Balaban J connectivity index is 1.73. The van der Waals surface area contributed by atoms with Crippen LogP contribution in [-0.4, -0.2) is 59.9 Å². The van der Waals surface area contributed by atoms with Crippen molar-refractivity contribution in [3.05, 3.63) is 63.2 Å². The largest absolute Gasteiger partial charge is 0.454 e. The summed E-state index contributed by atoms with van der Waals surface area (Å²) in [6.45, 7) is 2.01. The van der Waals surface area contributed by atoms with Crippen LogP contribution >= 0.6 is 0 Å². The van der Waals surface area contributed by atoms with Crippen LogP contribution in [-0.2, 0) is 30.5 Å². The Hall–Kier alpha value is -3.56. The maximum absolute atomic E-state index is 13.3. The zero-order chi connectivity index (χ0) is 27.7. The Kier molecular flexibility index (Phi) is 7.90. The normalized spacial score (nSPS) is 18.4. The zero-order valence-electron chi connectivity index (χ0n) is 19.5. The first-order valence-electron chi connectivity index (χ1n) is 10.7. The maximum atomic E-state index is 13.3. The number of nitro benzene ring substituents is 1. The number of amides is 1. The number of halogens is 3. The number of alkyl halides is 3. The summed E-state index contributed by atoms with van der Waals surface area (Å²) in [5.41, 5.74) is -1.60. The van der Waals surface area contributed by atoms with Gasteiger partial charge in [0.1, 0.15) is 6.04 Å². The first-order valence-corrected chi connectivity index (χ1v) is 12.1. The predicted octanol–water partition coefficient (Wildman–Crippen LogP) is 2.54. The van der Waals surface area contributed by atoms with Crippen LogP contribution in [0.3, 0.4) is 0 Å². The van der Waals surface area contributed by atoms with Gasteiger partial charge in [0.25, 0.3) is 11.6 Å². The predicted molar refractivity (Wildman–Crippen MR) is 122 cm³/mol. The summed E-state index contributed by atoms with van der Waals surface area (Å²) < 4.78 is 71.7. The molecule has 1 heterocycles. The number of anilines is 1. The van der Waals surface area contributed by atoms with Gasteiger partial charge in [-0.1, -0.05) is 6.07 Å². The smallest absolute Gasteiger partial charge is 0.418 e. The first-order chi connectivity index (χ1) is 17.1. The number of hydrogen-bond acceptors (Lipinski definition) is 8. The average molecular weight is 545 g/mol. The van der Waals surface area contributed by atoms with Crippen molar-refractivity contribution in [3.63, 3.8) is 0 Å². The Bertz CT molecular complexity index is 1350. The van der Waals surface area contributed by atoms with Gasteiger partial charge in [-0.05, 0) is 43.2 Å². The van der Waals surface area contributed by atoms with Crippen LogP contribution in [0.25, 0.3) is 0 Å². The summed E-state index contributed by atoms with van der Waals surface area (Å²) in [6, 6.07) is 4.56. The molecule has 37 heavy (non-hydrogen) atoms. The van der Waals surface area contributed by atoms with Crippen LogP contribution < -0.4 is 5.32 Å². The van der Waals surface area contributed by atoms with Crippen molar-refractivity contribution in [2.75, 3.05) is 18.5 Å². The summed E-state index contributed by atoms with van der Waals surface area (Å²) in [4.78, 5) is 34.5. The molecule has 1 aliphatic rings. The quantitative estimate of drug-likeness (QED) is 0.305. The standard InChI is InChI=1S/C22H22F3N3O8S/c1-12-3-5-16(7-13(12)2)37(34,35)27-10-15(29)9-19(27)21(31)36-11-20(30)26-18-6-4-14(28(32)33)8-17(18)22(23,24)25/h3-8,15,19,29H,9-11H2,1-2H3,(H,26,30)/t15-,19-/m1/s1. The van der Waals surface area contributed by atoms with Gasteiger partial charge in [-0.2, -0.15) is 17.5 Å². The fourth-order valence-electron chi connectivity index (χ4n) is 3.68. The molecule has 3 rings (SSSR count). The van der Waals surface area contributed by atoms with Crippen LogP contribution in [0.4, 0.5) is 24.5 Å². The number of esters is 1. The molecule has 0 spiro atoms. The lowest BCUT2D eigenvalue weighted by Crippen LogP contribution is -2.42. The lowest BCUT2D eigenvalue weighted by molar-refractivity contribution is -0.385. The van der Waals surface area contributed by atoms with Crippen molar-refractivity contribution in [2.24, 2.45) is 0 Å². The van der Waals surface area contributed by atoms with Gasteiger partial charge in [-0.25, -0.2) is 8.42 Å². The van der Waals surface area contributed by atoms with Gasteiger partial charge in [-0.15, -0.1) is 0 Å². The molecular weight excluding hydrogens is 523 g/mol. The molecule has 0 saturated carbocycles. The number of carbonyl (C=O) groups is 2. The number of carbonyl (C=O) groups excluding carboxylic acids is 2. The average Bonchev–Trinajstić information content (AvgIpc) is 3.21. The van der Waals surface area contributed by atoms with Gasteiger partial charge in [-0.3, -0.25) is 19.7 Å². The summed E-state index contributed by atoms with van der Waals surface area (Å²) in [5.74, 6) is -2.38. The molecule has 15 heteroatoms. The van der Waals surface area contributed by atoms with Crippen LogP contribution in [0.2, 0.25) is 0 Å². The highest BCUT2D eigenvalue weighted by Crippen LogP contribution is 2.37. The second-order valence-corrected chi connectivity index (χ2v) is 10.3. The van der Waals surface area contributed by atoms with Crippen molar-refractivity contribution in [1.29, 1.82) is 0 Å². The van der Waals surface area contributed by atoms with Crippen molar-refractivity contribution in [2.45, 2.75) is 43.5 Å². The first kappa shape index (κ1) is 28.0. The van der Waals surface area contributed by atoms with Crippen molar-refractivity contribution in [1.82, 2.24) is 4.31 Å². The number of aliphatic hydroxyl groups is 1. The highest BCUT2D eigenvalue weighted by atomic mass is 32.2. The molecule has 2 aromatic rings. The van der Waals surface area contributed by atoms with E-state index in [0.29, 0.717) is 11.6 Å². The van der Waals surface area contributed by atoms with Crippen molar-refractivity contribution in [3.8, 4) is 0 Å². The molecule has 1 saturated heterocycles. The van der Waals surface area contributed by atoms with Crippen molar-refractivity contribution < 1.29 is 45.9 Å². The molecule has 2 N–H and O–H groups in total. The molecule has 1 aliphatic heterocycles. The third-order valence-corrected chi connectivity index (χ3v) is 7.60. The number of ether oxygens (including phenoxy) is 1. The van der Waals surface area contributed by atoms with Crippen LogP contribution in [0.15, 0.2) is 41.3 Å². The Morgan fingerprint density at radius 1 is 1.19 bits per heavy atom. The molecule has 0 aromatic heterocycles. The molecule has 0 unspecified atom stereocenters. The van der Waals surface area contributed by atoms with E-state index in [1.165, 1.54) is 12.1 Å². The highest BCUT2D eigenvalue weighted by Gasteiger charge is 2.44. The molecule has 1 fully saturated rings. The van der Waals surface area contributed by atoms with E-state index in [1.54, 1.807) is 19.9 Å². The molecule has 0 bridgehead atoms. The molecule has 200 valence electrons. The lowest BCUT2D eigenvalue weighted by atomic mass is 10.1. The fraction of sp³-hybridized carbons (Fsp3) is 0.364. The number of rotatable bonds is 7.